The maximum absolute atomic E-state index is 7.50. The fourth-order valence-corrected chi connectivity index (χ4v) is 10.8. The molecular weight excluding hydrogens is 908 g/mol. The molecule has 7 rings (SSSR count). The second kappa shape index (κ2) is 26.1. The van der Waals surface area contributed by atoms with Gasteiger partial charge in [-0.3, -0.25) is 24.0 Å². The van der Waals surface area contributed by atoms with E-state index in [9.17, 15) is 0 Å². The van der Waals surface area contributed by atoms with Gasteiger partial charge in [0.05, 0.1) is 0 Å². The zero-order valence-corrected chi connectivity index (χ0v) is 34.4. The van der Waals surface area contributed by atoms with E-state index in [0.29, 0.717) is 0 Å². The van der Waals surface area contributed by atoms with E-state index < -0.39 is 15.8 Å². The average molecular weight is 940 g/mol. The minimum absolute atomic E-state index is 0.225. The Kier molecular flexibility index (Phi) is 22.9. The molecule has 0 unspecified atom stereocenters. The maximum atomic E-state index is 7.50. The molecule has 6 aromatic rings. The first kappa shape index (κ1) is 47.3. The van der Waals surface area contributed by atoms with Crippen molar-refractivity contribution in [3.63, 3.8) is 0 Å². The van der Waals surface area contributed by atoms with E-state index in [1.807, 2.05) is 0 Å². The number of benzene rings is 6. The monoisotopic (exact) mass is 940 g/mol. The average Bonchev–Trinajstić information content (AvgIpc) is 3.27. The van der Waals surface area contributed by atoms with Gasteiger partial charge in [0.2, 0.25) is 0 Å². The van der Waals surface area contributed by atoms with Crippen LogP contribution in [0.4, 0.5) is 0 Å². The van der Waals surface area contributed by atoms with Gasteiger partial charge in [-0.25, -0.2) is 0 Å². The number of carbonyl (C=O) groups excluding carboxylic acids is 5. The standard InChI is InChI=1S/C39H32OP2.5CO.ClH.Re/c1-39(2)33-25-15-27-35(41(29-17-7-3-8-18-29)30-19-9-4-10-20-30)37(33)40-38-34(39)26-16-28-36(38)42(31-21-11-5-12-22-31)32-23-13-6-14-24-32;5*1-2;;/h3-28H,1-2H3;;;;;;1H;/q;;;;;;;+1/p-1. The quantitative estimate of drug-likeness (QED) is 0.181. The molecule has 0 amide bonds. The van der Waals surface area contributed by atoms with E-state index >= 15 is 0 Å². The third kappa shape index (κ3) is 11.2. The molecule has 54 heavy (non-hydrogen) atoms. The van der Waals surface area contributed by atoms with E-state index in [-0.39, 0.29) is 5.41 Å². The summed E-state index contributed by atoms with van der Waals surface area (Å²) in [6.07, 6.45) is 0. The van der Waals surface area contributed by atoms with Crippen molar-refractivity contribution in [1.82, 2.24) is 0 Å². The van der Waals surface area contributed by atoms with Crippen LogP contribution in [0, 0.1) is 0 Å². The van der Waals surface area contributed by atoms with Crippen molar-refractivity contribution in [2.45, 2.75) is 19.3 Å². The second-order valence-corrected chi connectivity index (χ2v) is 15.4. The summed E-state index contributed by atoms with van der Waals surface area (Å²) < 4.78 is 7.26. The van der Waals surface area contributed by atoms with Crippen molar-refractivity contribution >= 4 is 91.1 Å². The molecule has 0 bridgehead atoms. The Morgan fingerprint density at radius 3 is 0.889 bits per heavy atom. The molecule has 0 fully saturated rings. The molecule has 0 spiro atoms. The van der Waals surface area contributed by atoms with Gasteiger partial charge in [0.1, 0.15) is 11.5 Å². The SMILES string of the molecule is CC1(C)c2cccc(P(c3ccccc3)c3ccccc3)c2Oc2c(P(c3ccccc3)c3ccccc3)cccc21.[C]=O.[C]=O.[C]=O.[C]=O.[C]=O.[Cl][Re]. The van der Waals surface area contributed by atoms with E-state index in [1.54, 1.807) is 0 Å². The Balaban J connectivity index is 0.00000111. The van der Waals surface area contributed by atoms with Crippen LogP contribution in [0.3, 0.4) is 0 Å². The molecule has 10 heteroatoms. The third-order valence-corrected chi connectivity index (χ3v) is 13.0. The molecular formula is C44H32ClO6P2Re. The summed E-state index contributed by atoms with van der Waals surface area (Å²) in [5.41, 5.74) is 2.26. The summed E-state index contributed by atoms with van der Waals surface area (Å²) in [6, 6.07) is 57.2. The van der Waals surface area contributed by atoms with Gasteiger partial charge in [0, 0.05) is 27.2 Å². The van der Waals surface area contributed by atoms with Gasteiger partial charge < -0.3 is 4.74 Å². The van der Waals surface area contributed by atoms with Crippen LogP contribution in [-0.4, -0.2) is 33.9 Å². The van der Waals surface area contributed by atoms with Gasteiger partial charge >= 0.3 is 27.7 Å². The predicted molar refractivity (Wildman–Crippen MR) is 217 cm³/mol. The molecule has 6 nitrogen and oxygen atoms in total. The zero-order chi connectivity index (χ0) is 40.5. The Morgan fingerprint density at radius 2 is 0.648 bits per heavy atom. The fraction of sp³-hybridized carbons (Fsp3) is 0.0682. The normalized spacial score (nSPS) is 10.9. The molecule has 1 heterocycles. The number of hydrogen-bond acceptors (Lipinski definition) is 6. The first-order valence-electron chi connectivity index (χ1n) is 15.5. The summed E-state index contributed by atoms with van der Waals surface area (Å²) in [5, 5.41) is 7.81. The first-order chi connectivity index (χ1) is 26.6. The molecule has 0 saturated heterocycles. The van der Waals surface area contributed by atoms with E-state index in [0.717, 1.165) is 11.5 Å². The van der Waals surface area contributed by atoms with Gasteiger partial charge in [-0.1, -0.05) is 172 Å². The molecule has 1 aliphatic rings. The number of para-hydroxylation sites is 2. The van der Waals surface area contributed by atoms with Gasteiger partial charge in [0.25, 0.3) is 33.9 Å². The second-order valence-electron chi connectivity index (χ2n) is 11.0. The van der Waals surface area contributed by atoms with Crippen molar-refractivity contribution < 1.29 is 46.9 Å². The van der Waals surface area contributed by atoms with Crippen LogP contribution >= 0.6 is 25.4 Å². The van der Waals surface area contributed by atoms with E-state index in [1.165, 1.54) is 61.1 Å². The number of ether oxygens (including phenoxy) is 1. The van der Waals surface area contributed by atoms with Gasteiger partial charge in [-0.2, -0.15) is 0 Å². The Hall–Kier alpha value is -4.72. The Morgan fingerprint density at radius 1 is 0.407 bits per heavy atom. The van der Waals surface area contributed by atoms with E-state index in [4.69, 9.17) is 38.2 Å². The van der Waals surface area contributed by atoms with Gasteiger partial charge in [0.15, 0.2) is 0 Å². The van der Waals surface area contributed by atoms with Crippen LogP contribution in [0.15, 0.2) is 158 Å². The number of hydrogen-bond donors (Lipinski definition) is 0. The van der Waals surface area contributed by atoms with Crippen LogP contribution in [0.2, 0.25) is 0 Å². The van der Waals surface area contributed by atoms with Crippen LogP contribution in [0.25, 0.3) is 0 Å². The van der Waals surface area contributed by atoms with Crippen molar-refractivity contribution in [3.05, 3.63) is 169 Å². The summed E-state index contributed by atoms with van der Waals surface area (Å²) >= 11 is 1.19. The zero-order valence-electron chi connectivity index (χ0n) is 29.1. The molecule has 0 N–H and O–H groups in total. The molecule has 1 aliphatic heterocycles. The van der Waals surface area contributed by atoms with Crippen LogP contribution in [-0.2, 0) is 47.6 Å². The number of rotatable bonds is 6. The first-order valence-corrected chi connectivity index (χ1v) is 21.6. The topological polar surface area (TPSA) is 94.6 Å². The van der Waals surface area contributed by atoms with Crippen molar-refractivity contribution in [3.8, 4) is 11.5 Å². The molecule has 0 atom stereocenters. The molecule has 0 aromatic heterocycles. The minimum atomic E-state index is -0.824. The molecule has 6 aromatic carbocycles. The summed E-state index contributed by atoms with van der Waals surface area (Å²) in [4.78, 5) is 37.5. The van der Waals surface area contributed by atoms with Gasteiger partial charge in [-0.15, -0.1) is 0 Å². The predicted octanol–water partition coefficient (Wildman–Crippen LogP) is 6.34. The summed E-state index contributed by atoms with van der Waals surface area (Å²) in [6.45, 7) is 27.2. The van der Waals surface area contributed by atoms with Crippen molar-refractivity contribution in [2.24, 2.45) is 0 Å². The molecule has 10 radical (unpaired) electrons. The van der Waals surface area contributed by atoms with Crippen molar-refractivity contribution in [1.29, 1.82) is 0 Å². The number of fused-ring (bicyclic) bond motifs is 2. The Labute approximate surface area is 335 Å². The van der Waals surface area contributed by atoms with Crippen molar-refractivity contribution in [2.75, 3.05) is 0 Å². The van der Waals surface area contributed by atoms with E-state index in [2.05, 4.69) is 206 Å². The summed E-state index contributed by atoms with van der Waals surface area (Å²) in [5.74, 6) is 2.02. The molecule has 0 aliphatic carbocycles. The van der Waals surface area contributed by atoms with Crippen LogP contribution in [0.1, 0.15) is 25.0 Å². The molecule has 268 valence electrons. The van der Waals surface area contributed by atoms with Crippen LogP contribution < -0.4 is 36.6 Å². The third-order valence-electron chi connectivity index (χ3n) is 8.08. The molecule has 0 saturated carbocycles. The number of halogens is 1. The van der Waals surface area contributed by atoms with Gasteiger partial charge in [-0.05, 0) is 37.1 Å². The Bertz CT molecular complexity index is 1710. The summed E-state index contributed by atoms with van der Waals surface area (Å²) in [7, 11) is 3.05. The fourth-order valence-electron chi connectivity index (χ4n) is 6.01. The van der Waals surface area contributed by atoms with Crippen LogP contribution in [0.5, 0.6) is 11.5 Å².